The minimum absolute atomic E-state index is 0.663. The topological polar surface area (TPSA) is 41.6 Å². The molecule has 0 aliphatic rings. The van der Waals surface area contributed by atoms with Crippen LogP contribution in [0, 0.1) is 11.6 Å². The highest BCUT2D eigenvalue weighted by Crippen LogP contribution is 2.29. The molecule has 0 fully saturated rings. The highest BCUT2D eigenvalue weighted by molar-refractivity contribution is 7.71. The van der Waals surface area contributed by atoms with Crippen molar-refractivity contribution in [3.8, 4) is 11.3 Å². The van der Waals surface area contributed by atoms with Gasteiger partial charge in [0.15, 0.2) is 0 Å². The average Bonchev–Trinajstić information content (AvgIpc) is 2.49. The van der Waals surface area contributed by atoms with E-state index >= 15 is 0 Å². The van der Waals surface area contributed by atoms with Gasteiger partial charge in [-0.1, -0.05) is 37.3 Å². The van der Waals surface area contributed by atoms with Crippen molar-refractivity contribution in [1.82, 2.24) is 15.0 Å². The zero-order valence-electron chi connectivity index (χ0n) is 11.5. The molecule has 0 radical (unpaired) electrons. The molecule has 100 valence electrons. The molecule has 20 heavy (non-hydrogen) atoms. The Bertz CT molecular complexity index is 831. The molecule has 3 rings (SSSR count). The first-order valence-electron chi connectivity index (χ1n) is 6.63. The highest BCUT2D eigenvalue weighted by atomic mass is 32.1. The third-order valence-electron chi connectivity index (χ3n) is 3.49. The van der Waals surface area contributed by atoms with Crippen LogP contribution in [0.5, 0.6) is 0 Å². The minimum Gasteiger partial charge on any atom is -0.343 e. The van der Waals surface area contributed by atoms with Crippen LogP contribution in [0.25, 0.3) is 22.0 Å². The van der Waals surface area contributed by atoms with Crippen LogP contribution < -0.4 is 0 Å². The van der Waals surface area contributed by atoms with E-state index < -0.39 is 0 Å². The Morgan fingerprint density at radius 1 is 1.25 bits per heavy atom. The van der Waals surface area contributed by atoms with E-state index in [0.29, 0.717) is 4.64 Å². The van der Waals surface area contributed by atoms with Crippen LogP contribution in [-0.4, -0.2) is 15.0 Å². The lowest BCUT2D eigenvalue weighted by molar-refractivity contribution is 0.926. The normalized spacial score (nSPS) is 10.9. The summed E-state index contributed by atoms with van der Waals surface area (Å²) in [6.45, 7) is 4.08. The van der Waals surface area contributed by atoms with Crippen LogP contribution >= 0.6 is 12.2 Å². The summed E-state index contributed by atoms with van der Waals surface area (Å²) in [5.41, 5.74) is 3.17. The lowest BCUT2D eigenvalue weighted by Crippen LogP contribution is -1.99. The van der Waals surface area contributed by atoms with Crippen molar-refractivity contribution in [3.63, 3.8) is 0 Å². The SMILES string of the molecule is CCc1nc(=S)c(C)c(-c2cccc3ccncc23)[nH]1. The lowest BCUT2D eigenvalue weighted by Gasteiger charge is -2.11. The Hall–Kier alpha value is -2.07. The van der Waals surface area contributed by atoms with Gasteiger partial charge in [0.05, 0.1) is 5.69 Å². The van der Waals surface area contributed by atoms with Crippen molar-refractivity contribution in [3.05, 3.63) is 52.7 Å². The molecule has 0 spiro atoms. The van der Waals surface area contributed by atoms with Crippen LogP contribution in [0.3, 0.4) is 0 Å². The van der Waals surface area contributed by atoms with Gasteiger partial charge < -0.3 is 4.98 Å². The minimum atomic E-state index is 0.663. The van der Waals surface area contributed by atoms with Gasteiger partial charge in [-0.15, -0.1) is 0 Å². The maximum absolute atomic E-state index is 5.37. The largest absolute Gasteiger partial charge is 0.343 e. The maximum atomic E-state index is 5.37. The number of H-pyrrole nitrogens is 1. The third-order valence-corrected chi connectivity index (χ3v) is 3.89. The second-order valence-corrected chi connectivity index (χ2v) is 5.13. The van der Waals surface area contributed by atoms with E-state index in [9.17, 15) is 0 Å². The summed E-state index contributed by atoms with van der Waals surface area (Å²) in [5, 5.41) is 2.29. The molecule has 1 aromatic carbocycles. The lowest BCUT2D eigenvalue weighted by atomic mass is 10.0. The summed E-state index contributed by atoms with van der Waals surface area (Å²) < 4.78 is 0.663. The summed E-state index contributed by atoms with van der Waals surface area (Å²) in [7, 11) is 0. The monoisotopic (exact) mass is 281 g/mol. The number of nitrogens with zero attached hydrogens (tertiary/aromatic N) is 2. The van der Waals surface area contributed by atoms with Crippen molar-refractivity contribution in [2.45, 2.75) is 20.3 Å². The molecule has 0 bridgehead atoms. The van der Waals surface area contributed by atoms with Crippen molar-refractivity contribution >= 4 is 23.0 Å². The van der Waals surface area contributed by atoms with Gasteiger partial charge in [0, 0.05) is 35.3 Å². The number of hydrogen-bond acceptors (Lipinski definition) is 3. The maximum Gasteiger partial charge on any atom is 0.133 e. The fourth-order valence-corrected chi connectivity index (χ4v) is 2.56. The summed E-state index contributed by atoms with van der Waals surface area (Å²) in [4.78, 5) is 12.0. The smallest absolute Gasteiger partial charge is 0.133 e. The number of pyridine rings is 1. The third kappa shape index (κ3) is 2.12. The quantitative estimate of drug-likeness (QED) is 0.715. The molecule has 0 saturated carbocycles. The van der Waals surface area contributed by atoms with Gasteiger partial charge in [0.2, 0.25) is 0 Å². The van der Waals surface area contributed by atoms with E-state index in [1.54, 1.807) is 0 Å². The highest BCUT2D eigenvalue weighted by Gasteiger charge is 2.09. The van der Waals surface area contributed by atoms with Gasteiger partial charge in [0.1, 0.15) is 10.5 Å². The summed E-state index contributed by atoms with van der Waals surface area (Å²) in [5.74, 6) is 0.913. The first kappa shape index (κ1) is 12.9. The van der Waals surface area contributed by atoms with Gasteiger partial charge in [-0.2, -0.15) is 0 Å². The van der Waals surface area contributed by atoms with E-state index in [-0.39, 0.29) is 0 Å². The zero-order valence-corrected chi connectivity index (χ0v) is 12.3. The van der Waals surface area contributed by atoms with Crippen molar-refractivity contribution in [2.24, 2.45) is 0 Å². The molecule has 0 atom stereocenters. The van der Waals surface area contributed by atoms with Crippen LogP contribution in [0.15, 0.2) is 36.7 Å². The Morgan fingerprint density at radius 2 is 2.10 bits per heavy atom. The second-order valence-electron chi connectivity index (χ2n) is 4.74. The van der Waals surface area contributed by atoms with E-state index in [0.717, 1.165) is 34.5 Å². The molecule has 0 amide bonds. The number of aromatic amines is 1. The summed E-state index contributed by atoms with van der Waals surface area (Å²) >= 11 is 5.37. The number of aromatic nitrogens is 3. The number of hydrogen-bond donors (Lipinski definition) is 1. The molecule has 3 nitrogen and oxygen atoms in total. The first-order chi connectivity index (χ1) is 9.70. The molecule has 0 saturated heterocycles. The average molecular weight is 281 g/mol. The van der Waals surface area contributed by atoms with Gasteiger partial charge in [0.25, 0.3) is 0 Å². The van der Waals surface area contributed by atoms with Crippen molar-refractivity contribution < 1.29 is 0 Å². The van der Waals surface area contributed by atoms with E-state index in [1.165, 1.54) is 5.39 Å². The molecule has 2 heterocycles. The van der Waals surface area contributed by atoms with Crippen molar-refractivity contribution in [2.75, 3.05) is 0 Å². The van der Waals surface area contributed by atoms with Crippen LogP contribution in [0.2, 0.25) is 0 Å². The molecule has 1 N–H and O–H groups in total. The molecule has 0 aliphatic heterocycles. The molecule has 0 unspecified atom stereocenters. The summed E-state index contributed by atoms with van der Waals surface area (Å²) in [6.07, 6.45) is 4.54. The van der Waals surface area contributed by atoms with Crippen LogP contribution in [-0.2, 0) is 6.42 Å². The second kappa shape index (κ2) is 5.13. The number of aryl methyl sites for hydroxylation is 1. The van der Waals surface area contributed by atoms with Crippen molar-refractivity contribution in [1.29, 1.82) is 0 Å². The Labute approximate surface area is 122 Å². The molecule has 2 aromatic heterocycles. The van der Waals surface area contributed by atoms with Gasteiger partial charge in [-0.3, -0.25) is 4.98 Å². The molecular formula is C16H15N3S. The molecule has 0 aliphatic carbocycles. The van der Waals surface area contributed by atoms with E-state index in [2.05, 4.69) is 40.1 Å². The summed E-state index contributed by atoms with van der Waals surface area (Å²) in [6, 6.07) is 8.26. The zero-order chi connectivity index (χ0) is 14.1. The Kier molecular flexibility index (Phi) is 3.32. The predicted molar refractivity (Wildman–Crippen MR) is 84.3 cm³/mol. The number of rotatable bonds is 2. The fourth-order valence-electron chi connectivity index (χ4n) is 2.35. The number of benzene rings is 1. The number of nitrogens with one attached hydrogen (secondary N) is 1. The van der Waals surface area contributed by atoms with Gasteiger partial charge in [-0.05, 0) is 18.4 Å². The molecular weight excluding hydrogens is 266 g/mol. The van der Waals surface area contributed by atoms with Gasteiger partial charge in [-0.25, -0.2) is 4.98 Å². The first-order valence-corrected chi connectivity index (χ1v) is 7.04. The number of fused-ring (bicyclic) bond motifs is 1. The fraction of sp³-hybridized carbons (Fsp3) is 0.188. The van der Waals surface area contributed by atoms with E-state index in [1.807, 2.05) is 25.4 Å². The van der Waals surface area contributed by atoms with Crippen LogP contribution in [0.1, 0.15) is 18.3 Å². The Balaban J connectivity index is 2.36. The molecule has 3 aromatic rings. The molecule has 4 heteroatoms. The van der Waals surface area contributed by atoms with E-state index in [4.69, 9.17) is 12.2 Å². The van der Waals surface area contributed by atoms with Gasteiger partial charge >= 0.3 is 0 Å². The predicted octanol–water partition coefficient (Wildman–Crippen LogP) is 4.23. The van der Waals surface area contributed by atoms with Crippen LogP contribution in [0.4, 0.5) is 0 Å². The Morgan fingerprint density at radius 3 is 2.90 bits per heavy atom. The standard InChI is InChI=1S/C16H15N3S/c1-3-14-18-15(10(2)16(20)19-14)12-6-4-5-11-7-8-17-9-13(11)12/h4-9H,3H2,1-2H3,(H,18,19,20).